The van der Waals surface area contributed by atoms with Crippen molar-refractivity contribution in [3.05, 3.63) is 41.2 Å². The number of hydrogen-bond donors (Lipinski definition) is 0. The zero-order valence-corrected chi connectivity index (χ0v) is 12.4. The molecule has 5 rings (SSSR count). The molecule has 2 atom stereocenters. The summed E-state index contributed by atoms with van der Waals surface area (Å²) in [6.45, 7) is 2.78. The van der Waals surface area contributed by atoms with Gasteiger partial charge in [0.25, 0.3) is 0 Å². The highest BCUT2D eigenvalue weighted by molar-refractivity contribution is 6.02. The molecule has 1 fully saturated rings. The van der Waals surface area contributed by atoms with Crippen LogP contribution in [0.15, 0.2) is 35.7 Å². The molecule has 0 bridgehead atoms. The molecule has 4 nitrogen and oxygen atoms in total. The Balaban J connectivity index is 0.00000115. The molecule has 1 amide bonds. The summed E-state index contributed by atoms with van der Waals surface area (Å²) in [5, 5.41) is 0. The van der Waals surface area contributed by atoms with Crippen LogP contribution >= 0.6 is 12.4 Å². The van der Waals surface area contributed by atoms with Crippen LogP contribution in [0, 0.1) is 0 Å². The highest BCUT2D eigenvalue weighted by Gasteiger charge is 2.49. The van der Waals surface area contributed by atoms with Crippen molar-refractivity contribution in [2.45, 2.75) is 24.9 Å². The lowest BCUT2D eigenvalue weighted by molar-refractivity contribution is -0.123. The van der Waals surface area contributed by atoms with Gasteiger partial charge in [0, 0.05) is 19.0 Å². The molecule has 0 aliphatic carbocycles. The summed E-state index contributed by atoms with van der Waals surface area (Å²) in [5.74, 6) is 0.568. The summed E-state index contributed by atoms with van der Waals surface area (Å²) in [6.07, 6.45) is 1.57. The average molecular weight is 305 g/mol. The number of hydrogen-bond acceptors (Lipinski definition) is 3. The summed E-state index contributed by atoms with van der Waals surface area (Å²) in [4.78, 5) is 17.0. The number of para-hydroxylation sites is 1. The smallest absolute Gasteiger partial charge is 0.234 e. The second kappa shape index (κ2) is 4.49. The molecular formula is C16H17ClN2O2. The number of amides is 1. The number of carbonyl (C=O) groups is 1. The lowest BCUT2D eigenvalue weighted by atomic mass is 9.87. The van der Waals surface area contributed by atoms with E-state index in [9.17, 15) is 4.79 Å². The second-order valence-corrected chi connectivity index (χ2v) is 5.95. The van der Waals surface area contributed by atoms with E-state index in [1.807, 2.05) is 11.0 Å². The van der Waals surface area contributed by atoms with Crippen molar-refractivity contribution in [1.82, 2.24) is 4.90 Å². The topological polar surface area (TPSA) is 32.8 Å². The van der Waals surface area contributed by atoms with Crippen LogP contribution in [-0.2, 0) is 9.53 Å². The van der Waals surface area contributed by atoms with Gasteiger partial charge in [-0.1, -0.05) is 18.2 Å². The van der Waals surface area contributed by atoms with E-state index in [-0.39, 0.29) is 24.4 Å². The van der Waals surface area contributed by atoms with Crippen molar-refractivity contribution in [3.8, 4) is 0 Å². The Kier molecular flexibility index (Phi) is 2.81. The van der Waals surface area contributed by atoms with Gasteiger partial charge in [0.2, 0.25) is 5.91 Å². The fourth-order valence-electron chi connectivity index (χ4n) is 4.23. The first-order valence-electron chi connectivity index (χ1n) is 7.37. The van der Waals surface area contributed by atoms with Crippen LogP contribution < -0.4 is 4.90 Å². The largest absolute Gasteiger partial charge is 0.370 e. The van der Waals surface area contributed by atoms with E-state index in [1.165, 1.54) is 17.0 Å². The number of benzene rings is 1. The third kappa shape index (κ3) is 1.57. The molecule has 2 unspecified atom stereocenters. The first-order valence-corrected chi connectivity index (χ1v) is 7.37. The van der Waals surface area contributed by atoms with E-state index in [4.69, 9.17) is 4.74 Å². The maximum atomic E-state index is 12.6. The Morgan fingerprint density at radius 3 is 2.90 bits per heavy atom. The van der Waals surface area contributed by atoms with Gasteiger partial charge in [-0.05, 0) is 18.1 Å². The molecule has 0 aromatic heterocycles. The van der Waals surface area contributed by atoms with Gasteiger partial charge in [0.15, 0.2) is 0 Å². The summed E-state index contributed by atoms with van der Waals surface area (Å²) in [7, 11) is 0. The molecule has 0 N–H and O–H groups in total. The van der Waals surface area contributed by atoms with Crippen molar-refractivity contribution in [2.75, 3.05) is 24.6 Å². The van der Waals surface area contributed by atoms with Crippen LogP contribution in [0.2, 0.25) is 0 Å². The molecule has 0 saturated carbocycles. The fraction of sp³-hybridized carbons (Fsp3) is 0.438. The number of ether oxygens (including phenoxy) is 1. The van der Waals surface area contributed by atoms with Crippen molar-refractivity contribution < 1.29 is 9.53 Å². The zero-order valence-electron chi connectivity index (χ0n) is 11.6. The summed E-state index contributed by atoms with van der Waals surface area (Å²) < 4.78 is 5.86. The maximum absolute atomic E-state index is 12.6. The second-order valence-electron chi connectivity index (χ2n) is 5.95. The third-order valence-corrected chi connectivity index (χ3v) is 5.01. The van der Waals surface area contributed by atoms with Gasteiger partial charge in [-0.3, -0.25) is 9.69 Å². The Morgan fingerprint density at radius 1 is 1.14 bits per heavy atom. The van der Waals surface area contributed by atoms with Gasteiger partial charge in [0.1, 0.15) is 6.10 Å². The van der Waals surface area contributed by atoms with Crippen LogP contribution in [0.4, 0.5) is 5.69 Å². The zero-order chi connectivity index (χ0) is 13.3. The summed E-state index contributed by atoms with van der Waals surface area (Å²) in [5.41, 5.74) is 4.90. The Labute approximate surface area is 129 Å². The van der Waals surface area contributed by atoms with Crippen molar-refractivity contribution in [2.24, 2.45) is 0 Å². The van der Waals surface area contributed by atoms with Crippen LogP contribution in [0.25, 0.3) is 0 Å². The van der Waals surface area contributed by atoms with Crippen LogP contribution in [-0.4, -0.2) is 36.6 Å². The molecule has 0 radical (unpaired) electrons. The van der Waals surface area contributed by atoms with E-state index in [0.29, 0.717) is 12.3 Å². The predicted molar refractivity (Wildman–Crippen MR) is 81.5 cm³/mol. The number of halogens is 1. The number of nitrogens with zero attached hydrogens (tertiary/aromatic N) is 2. The number of allylic oxidation sites excluding steroid dienone is 1. The molecule has 1 aromatic carbocycles. The predicted octanol–water partition coefficient (Wildman–Crippen LogP) is 2.26. The highest BCUT2D eigenvalue weighted by atomic mass is 35.5. The molecule has 4 heterocycles. The molecule has 1 saturated heterocycles. The number of morpholine rings is 1. The van der Waals surface area contributed by atoms with Crippen LogP contribution in [0.3, 0.4) is 0 Å². The van der Waals surface area contributed by atoms with Crippen LogP contribution in [0.1, 0.15) is 24.3 Å². The lowest BCUT2D eigenvalue weighted by Crippen LogP contribution is -2.51. The Morgan fingerprint density at radius 2 is 2.00 bits per heavy atom. The number of rotatable bonds is 0. The monoisotopic (exact) mass is 304 g/mol. The molecular weight excluding hydrogens is 288 g/mol. The van der Waals surface area contributed by atoms with E-state index >= 15 is 0 Å². The molecule has 4 aliphatic rings. The lowest BCUT2D eigenvalue weighted by Gasteiger charge is -2.46. The van der Waals surface area contributed by atoms with Gasteiger partial charge >= 0.3 is 0 Å². The normalized spacial score (nSPS) is 29.0. The average Bonchev–Trinajstić information content (AvgIpc) is 2.82. The quantitative estimate of drug-likeness (QED) is 0.737. The van der Waals surface area contributed by atoms with Gasteiger partial charge in [-0.2, -0.15) is 0 Å². The third-order valence-electron chi connectivity index (χ3n) is 5.01. The van der Waals surface area contributed by atoms with Crippen molar-refractivity contribution >= 4 is 24.0 Å². The fourth-order valence-corrected chi connectivity index (χ4v) is 4.23. The first-order chi connectivity index (χ1) is 9.84. The summed E-state index contributed by atoms with van der Waals surface area (Å²) in [6, 6.07) is 8.35. The van der Waals surface area contributed by atoms with Gasteiger partial charge in [-0.25, -0.2) is 0 Å². The van der Waals surface area contributed by atoms with E-state index in [1.54, 1.807) is 0 Å². The number of anilines is 1. The SMILES string of the molecule is Cl.O=C1CC2OCCN3CCC4C(=C23)N1c1ccccc14. The molecule has 21 heavy (non-hydrogen) atoms. The van der Waals surface area contributed by atoms with Gasteiger partial charge in [-0.15, -0.1) is 12.4 Å². The Hall–Kier alpha value is -1.52. The van der Waals surface area contributed by atoms with Gasteiger partial charge in [0.05, 0.1) is 30.1 Å². The maximum Gasteiger partial charge on any atom is 0.234 e. The molecule has 4 aliphatic heterocycles. The molecule has 0 spiro atoms. The number of fused-ring (bicyclic) bond motifs is 3. The molecule has 1 aromatic rings. The summed E-state index contributed by atoms with van der Waals surface area (Å²) >= 11 is 0. The minimum absolute atomic E-state index is 0. The van der Waals surface area contributed by atoms with E-state index in [0.717, 1.165) is 31.8 Å². The molecule has 5 heteroatoms. The van der Waals surface area contributed by atoms with Gasteiger partial charge < -0.3 is 9.64 Å². The standard InChI is InChI=1S/C16H16N2O2.ClH/c19-14-9-13-16-15-11(5-6-17(16)7-8-20-13)10-3-1-2-4-12(10)18(14)15;/h1-4,11,13H,5-9H2;1H. The van der Waals surface area contributed by atoms with E-state index < -0.39 is 0 Å². The van der Waals surface area contributed by atoms with E-state index in [2.05, 4.69) is 23.1 Å². The van der Waals surface area contributed by atoms with Crippen LogP contribution in [0.5, 0.6) is 0 Å². The van der Waals surface area contributed by atoms with Crippen molar-refractivity contribution in [1.29, 1.82) is 0 Å². The van der Waals surface area contributed by atoms with Crippen molar-refractivity contribution in [3.63, 3.8) is 0 Å². The minimum Gasteiger partial charge on any atom is -0.370 e. The minimum atomic E-state index is -0.0142. The first kappa shape index (κ1) is 13.2. The highest BCUT2D eigenvalue weighted by Crippen LogP contribution is 2.52. The molecule has 110 valence electrons. The number of carbonyl (C=O) groups excluding carboxylic acids is 1. The Bertz CT molecular complexity index is 657.